The Labute approximate surface area is 87.2 Å². The van der Waals surface area contributed by atoms with Crippen molar-refractivity contribution < 1.29 is 19.5 Å². The molecule has 1 fully saturated rings. The fourth-order valence-corrected chi connectivity index (χ4v) is 1.48. The quantitative estimate of drug-likeness (QED) is 0.643. The molecule has 84 valence electrons. The van der Waals surface area contributed by atoms with E-state index in [9.17, 15) is 14.4 Å². The van der Waals surface area contributed by atoms with Gasteiger partial charge in [0.1, 0.15) is 12.6 Å². The van der Waals surface area contributed by atoms with Gasteiger partial charge in [-0.15, -0.1) is 0 Å². The van der Waals surface area contributed by atoms with Crippen molar-refractivity contribution in [2.45, 2.75) is 25.8 Å². The van der Waals surface area contributed by atoms with Crippen LogP contribution in [-0.2, 0) is 14.4 Å². The second-order valence-electron chi connectivity index (χ2n) is 3.43. The van der Waals surface area contributed by atoms with Gasteiger partial charge in [-0.25, -0.2) is 4.79 Å². The molecule has 6 heteroatoms. The van der Waals surface area contributed by atoms with Crippen LogP contribution in [0.25, 0.3) is 0 Å². The molecule has 0 bridgehead atoms. The number of rotatable bonds is 3. The number of hydrogen-bond donors (Lipinski definition) is 2. The minimum atomic E-state index is -1.08. The second-order valence-corrected chi connectivity index (χ2v) is 3.43. The zero-order valence-electron chi connectivity index (χ0n) is 8.52. The summed E-state index contributed by atoms with van der Waals surface area (Å²) in [6, 6.07) is -0.929. The number of carbonyl (C=O) groups excluding carboxylic acids is 2. The minimum Gasteiger partial charge on any atom is -0.480 e. The Morgan fingerprint density at radius 1 is 1.60 bits per heavy atom. The number of amides is 2. The summed E-state index contributed by atoms with van der Waals surface area (Å²) in [4.78, 5) is 34.6. The van der Waals surface area contributed by atoms with E-state index in [2.05, 4.69) is 5.32 Å². The molecule has 0 aliphatic carbocycles. The molecular formula is C9H14N2O4. The maximum Gasteiger partial charge on any atom is 0.328 e. The van der Waals surface area contributed by atoms with Crippen LogP contribution in [0.5, 0.6) is 0 Å². The van der Waals surface area contributed by atoms with Crippen LogP contribution >= 0.6 is 0 Å². The molecule has 0 aromatic rings. The third kappa shape index (κ3) is 2.68. The smallest absolute Gasteiger partial charge is 0.328 e. The molecular weight excluding hydrogens is 200 g/mol. The lowest BCUT2D eigenvalue weighted by Crippen LogP contribution is -2.59. The summed E-state index contributed by atoms with van der Waals surface area (Å²) in [5, 5.41) is 11.3. The summed E-state index contributed by atoms with van der Waals surface area (Å²) in [5.74, 6) is -1.67. The van der Waals surface area contributed by atoms with E-state index in [1.807, 2.05) is 6.92 Å². The summed E-state index contributed by atoms with van der Waals surface area (Å²) in [6.45, 7) is 1.66. The first-order chi connectivity index (χ1) is 7.06. The first kappa shape index (κ1) is 11.5. The SMILES string of the molecule is CCCC(=O)N1CC(=O)NCC1C(=O)O. The van der Waals surface area contributed by atoms with Gasteiger partial charge in [0.05, 0.1) is 0 Å². The molecule has 0 saturated carbocycles. The molecule has 1 atom stereocenters. The lowest BCUT2D eigenvalue weighted by molar-refractivity contribution is -0.154. The largest absolute Gasteiger partial charge is 0.480 e. The third-order valence-electron chi connectivity index (χ3n) is 2.25. The monoisotopic (exact) mass is 214 g/mol. The molecule has 1 aliphatic rings. The van der Waals surface area contributed by atoms with Crippen molar-refractivity contribution >= 4 is 17.8 Å². The Hall–Kier alpha value is -1.59. The van der Waals surface area contributed by atoms with Crippen LogP contribution in [0.3, 0.4) is 0 Å². The van der Waals surface area contributed by atoms with Gasteiger partial charge in [-0.2, -0.15) is 0 Å². The van der Waals surface area contributed by atoms with E-state index in [-0.39, 0.29) is 31.3 Å². The molecule has 0 aromatic carbocycles. The van der Waals surface area contributed by atoms with Crippen molar-refractivity contribution in [2.75, 3.05) is 13.1 Å². The highest BCUT2D eigenvalue weighted by molar-refractivity contribution is 5.91. The van der Waals surface area contributed by atoms with Gasteiger partial charge in [0, 0.05) is 13.0 Å². The number of carboxylic acid groups (broad SMARTS) is 1. The van der Waals surface area contributed by atoms with Crippen LogP contribution in [0.2, 0.25) is 0 Å². The normalized spacial score (nSPS) is 21.0. The molecule has 1 rings (SSSR count). The lowest BCUT2D eigenvalue weighted by atomic mass is 10.1. The Morgan fingerprint density at radius 3 is 2.80 bits per heavy atom. The summed E-state index contributed by atoms with van der Waals surface area (Å²) in [5.41, 5.74) is 0. The van der Waals surface area contributed by atoms with Gasteiger partial charge < -0.3 is 15.3 Å². The number of carboxylic acids is 1. The molecule has 0 spiro atoms. The van der Waals surface area contributed by atoms with Gasteiger partial charge in [0.2, 0.25) is 11.8 Å². The van der Waals surface area contributed by atoms with Crippen LogP contribution in [0.1, 0.15) is 19.8 Å². The van der Waals surface area contributed by atoms with E-state index >= 15 is 0 Å². The van der Waals surface area contributed by atoms with Gasteiger partial charge in [-0.1, -0.05) is 6.92 Å². The summed E-state index contributed by atoms with van der Waals surface area (Å²) >= 11 is 0. The van der Waals surface area contributed by atoms with Gasteiger partial charge in [-0.05, 0) is 6.42 Å². The third-order valence-corrected chi connectivity index (χ3v) is 2.25. The second kappa shape index (κ2) is 4.77. The molecule has 6 nitrogen and oxygen atoms in total. The van der Waals surface area contributed by atoms with Crippen molar-refractivity contribution in [3.63, 3.8) is 0 Å². The summed E-state index contributed by atoms with van der Waals surface area (Å²) < 4.78 is 0. The van der Waals surface area contributed by atoms with E-state index < -0.39 is 12.0 Å². The minimum absolute atomic E-state index is 0.0103. The molecule has 1 unspecified atom stereocenters. The maximum atomic E-state index is 11.5. The first-order valence-electron chi connectivity index (χ1n) is 4.85. The highest BCUT2D eigenvalue weighted by Gasteiger charge is 2.34. The van der Waals surface area contributed by atoms with Crippen LogP contribution < -0.4 is 5.32 Å². The maximum absolute atomic E-state index is 11.5. The molecule has 15 heavy (non-hydrogen) atoms. The van der Waals surface area contributed by atoms with E-state index in [0.717, 1.165) is 4.90 Å². The molecule has 1 saturated heterocycles. The topological polar surface area (TPSA) is 86.7 Å². The van der Waals surface area contributed by atoms with E-state index in [1.54, 1.807) is 0 Å². The van der Waals surface area contributed by atoms with Crippen molar-refractivity contribution in [3.05, 3.63) is 0 Å². The molecule has 0 aromatic heterocycles. The molecule has 2 N–H and O–H groups in total. The average molecular weight is 214 g/mol. The Bertz CT molecular complexity index is 290. The van der Waals surface area contributed by atoms with Gasteiger partial charge in [0.25, 0.3) is 0 Å². The van der Waals surface area contributed by atoms with E-state index in [4.69, 9.17) is 5.11 Å². The zero-order valence-corrected chi connectivity index (χ0v) is 8.52. The van der Waals surface area contributed by atoms with Gasteiger partial charge in [-0.3, -0.25) is 9.59 Å². The average Bonchev–Trinajstić information content (AvgIpc) is 2.17. The lowest BCUT2D eigenvalue weighted by Gasteiger charge is -2.32. The number of piperazine rings is 1. The van der Waals surface area contributed by atoms with Crippen LogP contribution in [0.4, 0.5) is 0 Å². The van der Waals surface area contributed by atoms with Crippen molar-refractivity contribution in [1.29, 1.82) is 0 Å². The fourth-order valence-electron chi connectivity index (χ4n) is 1.48. The van der Waals surface area contributed by atoms with Crippen LogP contribution in [-0.4, -0.2) is 46.9 Å². The van der Waals surface area contributed by atoms with Crippen molar-refractivity contribution in [3.8, 4) is 0 Å². The van der Waals surface area contributed by atoms with Crippen LogP contribution in [0, 0.1) is 0 Å². The molecule has 2 amide bonds. The fraction of sp³-hybridized carbons (Fsp3) is 0.667. The Balaban J connectivity index is 2.74. The highest BCUT2D eigenvalue weighted by Crippen LogP contribution is 2.07. The molecule has 1 aliphatic heterocycles. The Morgan fingerprint density at radius 2 is 2.27 bits per heavy atom. The van der Waals surface area contributed by atoms with Gasteiger partial charge >= 0.3 is 5.97 Å². The number of aliphatic carboxylic acids is 1. The standard InChI is InChI=1S/C9H14N2O4/c1-2-3-8(13)11-5-7(12)10-4-6(11)9(14)15/h6H,2-5H2,1H3,(H,10,12)(H,14,15). The Kier molecular flexibility index (Phi) is 3.65. The van der Waals surface area contributed by atoms with Crippen molar-refractivity contribution in [1.82, 2.24) is 10.2 Å². The molecule has 0 radical (unpaired) electrons. The predicted molar refractivity (Wildman–Crippen MR) is 51.1 cm³/mol. The zero-order chi connectivity index (χ0) is 11.4. The predicted octanol–water partition coefficient (Wildman–Crippen LogP) is -0.802. The van der Waals surface area contributed by atoms with E-state index in [1.165, 1.54) is 0 Å². The molecule has 1 heterocycles. The van der Waals surface area contributed by atoms with Crippen LogP contribution in [0.15, 0.2) is 0 Å². The summed E-state index contributed by atoms with van der Waals surface area (Å²) in [6.07, 6.45) is 0.917. The number of hydrogen-bond acceptors (Lipinski definition) is 3. The van der Waals surface area contributed by atoms with E-state index in [0.29, 0.717) is 6.42 Å². The number of nitrogens with one attached hydrogen (secondary N) is 1. The number of nitrogens with zero attached hydrogens (tertiary/aromatic N) is 1. The van der Waals surface area contributed by atoms with Gasteiger partial charge in [0.15, 0.2) is 0 Å². The number of carbonyl (C=O) groups is 3. The highest BCUT2D eigenvalue weighted by atomic mass is 16.4. The summed E-state index contributed by atoms with van der Waals surface area (Å²) in [7, 11) is 0. The first-order valence-corrected chi connectivity index (χ1v) is 4.85. The van der Waals surface area contributed by atoms with Crippen molar-refractivity contribution in [2.24, 2.45) is 0 Å².